The SMILES string of the molecule is CC1CC(OC(=O)c2cn(C3CNC3)nn2)CC(C)(C)C1. The Morgan fingerprint density at radius 3 is 2.81 bits per heavy atom. The van der Waals surface area contributed by atoms with E-state index in [0.29, 0.717) is 17.7 Å². The number of carbonyl (C=O) groups is 1. The molecule has 6 nitrogen and oxygen atoms in total. The molecule has 0 aromatic carbocycles. The first-order valence-electron chi connectivity index (χ1n) is 7.76. The molecule has 1 aliphatic carbocycles. The molecule has 1 saturated heterocycles. The minimum absolute atomic E-state index is 0.00762. The summed E-state index contributed by atoms with van der Waals surface area (Å²) in [7, 11) is 0. The van der Waals surface area contributed by atoms with E-state index in [1.807, 2.05) is 0 Å². The lowest BCUT2D eigenvalue weighted by molar-refractivity contribution is -0.00767. The molecule has 2 atom stereocenters. The summed E-state index contributed by atoms with van der Waals surface area (Å²) >= 11 is 0. The zero-order chi connectivity index (χ0) is 15.0. The maximum atomic E-state index is 12.2. The van der Waals surface area contributed by atoms with Crippen LogP contribution < -0.4 is 5.32 Å². The minimum atomic E-state index is -0.344. The summed E-state index contributed by atoms with van der Waals surface area (Å²) < 4.78 is 7.41. The Bertz CT molecular complexity index is 521. The van der Waals surface area contributed by atoms with Crippen LogP contribution in [0.4, 0.5) is 0 Å². The number of nitrogens with zero attached hydrogens (tertiary/aromatic N) is 3. The van der Waals surface area contributed by atoms with Crippen LogP contribution in [0.25, 0.3) is 0 Å². The third-order valence-corrected chi connectivity index (χ3v) is 4.47. The summed E-state index contributed by atoms with van der Waals surface area (Å²) in [6.45, 7) is 8.46. The first kappa shape index (κ1) is 14.5. The van der Waals surface area contributed by atoms with Crippen molar-refractivity contribution in [2.75, 3.05) is 13.1 Å². The summed E-state index contributed by atoms with van der Waals surface area (Å²) in [5.74, 6) is 0.242. The molecule has 1 aromatic rings. The largest absolute Gasteiger partial charge is 0.458 e. The molecule has 2 unspecified atom stereocenters. The van der Waals surface area contributed by atoms with E-state index in [0.717, 1.165) is 25.9 Å². The molecule has 2 fully saturated rings. The van der Waals surface area contributed by atoms with E-state index in [9.17, 15) is 4.79 Å². The van der Waals surface area contributed by atoms with Crippen LogP contribution in [0.1, 0.15) is 56.6 Å². The van der Waals surface area contributed by atoms with Gasteiger partial charge in [-0.2, -0.15) is 0 Å². The van der Waals surface area contributed by atoms with E-state index in [-0.39, 0.29) is 17.5 Å². The molecule has 3 rings (SSSR count). The second kappa shape index (κ2) is 5.40. The van der Waals surface area contributed by atoms with E-state index < -0.39 is 0 Å². The van der Waals surface area contributed by atoms with E-state index in [4.69, 9.17) is 4.74 Å². The highest BCUT2D eigenvalue weighted by atomic mass is 16.5. The van der Waals surface area contributed by atoms with E-state index in [2.05, 4.69) is 36.4 Å². The summed E-state index contributed by atoms with van der Waals surface area (Å²) in [6.07, 6.45) is 4.74. The number of carbonyl (C=O) groups excluding carboxylic acids is 1. The van der Waals surface area contributed by atoms with Crippen LogP contribution >= 0.6 is 0 Å². The van der Waals surface area contributed by atoms with Gasteiger partial charge in [0.1, 0.15) is 6.10 Å². The van der Waals surface area contributed by atoms with Crippen LogP contribution in [0.3, 0.4) is 0 Å². The Kier molecular flexibility index (Phi) is 3.73. The fraction of sp³-hybridized carbons (Fsp3) is 0.800. The maximum Gasteiger partial charge on any atom is 0.360 e. The highest BCUT2D eigenvalue weighted by molar-refractivity contribution is 5.86. The Balaban J connectivity index is 1.61. The molecular weight excluding hydrogens is 268 g/mol. The van der Waals surface area contributed by atoms with Gasteiger partial charge in [-0.3, -0.25) is 0 Å². The molecule has 21 heavy (non-hydrogen) atoms. The van der Waals surface area contributed by atoms with Gasteiger partial charge in [0, 0.05) is 13.1 Å². The monoisotopic (exact) mass is 292 g/mol. The Labute approximate surface area is 125 Å². The predicted molar refractivity (Wildman–Crippen MR) is 77.9 cm³/mol. The molecule has 6 heteroatoms. The molecular formula is C15H24N4O2. The lowest BCUT2D eigenvalue weighted by atomic mass is 9.71. The fourth-order valence-electron chi connectivity index (χ4n) is 3.57. The van der Waals surface area contributed by atoms with E-state index in [1.54, 1.807) is 10.9 Å². The standard InChI is InChI=1S/C15H24N4O2/c1-10-4-12(6-15(2,3)5-10)21-14(20)13-9-19(18-17-13)11-7-16-8-11/h9-12,16H,4-8H2,1-3H3. The van der Waals surface area contributed by atoms with Gasteiger partial charge < -0.3 is 10.1 Å². The average molecular weight is 292 g/mol. The molecule has 2 heterocycles. The van der Waals surface area contributed by atoms with Gasteiger partial charge in [-0.15, -0.1) is 5.10 Å². The van der Waals surface area contributed by atoms with Crippen LogP contribution in [0.5, 0.6) is 0 Å². The van der Waals surface area contributed by atoms with Crippen LogP contribution in [0.2, 0.25) is 0 Å². The van der Waals surface area contributed by atoms with Crippen LogP contribution in [0.15, 0.2) is 6.20 Å². The molecule has 1 aliphatic heterocycles. The number of hydrogen-bond acceptors (Lipinski definition) is 5. The third-order valence-electron chi connectivity index (χ3n) is 4.47. The van der Waals surface area contributed by atoms with Gasteiger partial charge in [0.25, 0.3) is 0 Å². The Hall–Kier alpha value is -1.43. The second-order valence-corrected chi connectivity index (χ2v) is 7.34. The first-order valence-corrected chi connectivity index (χ1v) is 7.76. The lowest BCUT2D eigenvalue weighted by Crippen LogP contribution is -2.43. The fourth-order valence-corrected chi connectivity index (χ4v) is 3.57. The smallest absolute Gasteiger partial charge is 0.360 e. The van der Waals surface area contributed by atoms with Crippen molar-refractivity contribution in [2.45, 2.75) is 52.2 Å². The van der Waals surface area contributed by atoms with Gasteiger partial charge in [0.05, 0.1) is 12.2 Å². The summed E-state index contributed by atoms with van der Waals surface area (Å²) in [4.78, 5) is 12.2. The van der Waals surface area contributed by atoms with Gasteiger partial charge in [-0.25, -0.2) is 9.48 Å². The highest BCUT2D eigenvalue weighted by Gasteiger charge is 2.34. The van der Waals surface area contributed by atoms with Crippen LogP contribution in [-0.2, 0) is 4.74 Å². The number of aromatic nitrogens is 3. The van der Waals surface area contributed by atoms with Gasteiger partial charge in [0.2, 0.25) is 0 Å². The molecule has 1 N–H and O–H groups in total. The van der Waals surface area contributed by atoms with Gasteiger partial charge in [0.15, 0.2) is 5.69 Å². The third kappa shape index (κ3) is 3.26. The molecule has 0 bridgehead atoms. The summed E-state index contributed by atoms with van der Waals surface area (Å²) in [6, 6.07) is 0.313. The number of nitrogens with one attached hydrogen (secondary N) is 1. The van der Waals surface area contributed by atoms with Gasteiger partial charge in [-0.05, 0) is 30.6 Å². The predicted octanol–water partition coefficient (Wildman–Crippen LogP) is 1.79. The average Bonchev–Trinajstić information content (AvgIpc) is 2.72. The molecule has 1 saturated carbocycles. The van der Waals surface area contributed by atoms with Crippen molar-refractivity contribution < 1.29 is 9.53 Å². The molecule has 0 amide bonds. The van der Waals surface area contributed by atoms with Crippen molar-refractivity contribution in [2.24, 2.45) is 11.3 Å². The van der Waals surface area contributed by atoms with E-state index in [1.165, 1.54) is 6.42 Å². The molecule has 0 spiro atoms. The van der Waals surface area contributed by atoms with Crippen LogP contribution in [0, 0.1) is 11.3 Å². The van der Waals surface area contributed by atoms with E-state index >= 15 is 0 Å². The molecule has 1 aromatic heterocycles. The summed E-state index contributed by atoms with van der Waals surface area (Å²) in [5.41, 5.74) is 0.551. The Morgan fingerprint density at radius 1 is 1.43 bits per heavy atom. The number of hydrogen-bond donors (Lipinski definition) is 1. The number of rotatable bonds is 3. The van der Waals surface area contributed by atoms with Crippen molar-refractivity contribution in [3.05, 3.63) is 11.9 Å². The number of esters is 1. The minimum Gasteiger partial charge on any atom is -0.458 e. The van der Waals surface area contributed by atoms with Crippen molar-refractivity contribution in [1.82, 2.24) is 20.3 Å². The highest BCUT2D eigenvalue weighted by Crippen LogP contribution is 2.39. The second-order valence-electron chi connectivity index (χ2n) is 7.34. The van der Waals surface area contributed by atoms with Crippen molar-refractivity contribution >= 4 is 5.97 Å². The zero-order valence-corrected chi connectivity index (χ0v) is 13.0. The zero-order valence-electron chi connectivity index (χ0n) is 13.0. The topological polar surface area (TPSA) is 69.0 Å². The molecule has 2 aliphatic rings. The maximum absolute atomic E-state index is 12.2. The summed E-state index contributed by atoms with van der Waals surface area (Å²) in [5, 5.41) is 11.1. The van der Waals surface area contributed by atoms with Gasteiger partial charge in [-0.1, -0.05) is 26.0 Å². The first-order chi connectivity index (χ1) is 9.93. The van der Waals surface area contributed by atoms with Gasteiger partial charge >= 0.3 is 5.97 Å². The quantitative estimate of drug-likeness (QED) is 0.860. The Morgan fingerprint density at radius 2 is 2.19 bits per heavy atom. The normalized spacial score (nSPS) is 28.9. The van der Waals surface area contributed by atoms with Crippen molar-refractivity contribution in [3.8, 4) is 0 Å². The van der Waals surface area contributed by atoms with Crippen molar-refractivity contribution in [1.29, 1.82) is 0 Å². The molecule has 116 valence electrons. The molecule has 0 radical (unpaired) electrons. The lowest BCUT2D eigenvalue weighted by Gasteiger charge is -2.38. The van der Waals surface area contributed by atoms with Crippen LogP contribution in [-0.4, -0.2) is 40.2 Å². The van der Waals surface area contributed by atoms with Crippen molar-refractivity contribution in [3.63, 3.8) is 0 Å². The number of ether oxygens (including phenoxy) is 1.